The number of nitrogens with zero attached hydrogens (tertiary/aromatic N) is 3. The topological polar surface area (TPSA) is 100 Å². The number of amides is 1. The predicted octanol–water partition coefficient (Wildman–Crippen LogP) is 3.09. The second-order valence-corrected chi connectivity index (χ2v) is 11.8. The van der Waals surface area contributed by atoms with Crippen molar-refractivity contribution in [3.05, 3.63) is 89.5 Å². The fourth-order valence-electron chi connectivity index (χ4n) is 4.41. The highest BCUT2D eigenvalue weighted by Crippen LogP contribution is 2.34. The minimum absolute atomic E-state index is 0.0630. The summed E-state index contributed by atoms with van der Waals surface area (Å²) in [7, 11) is -2.35. The van der Waals surface area contributed by atoms with E-state index in [0.29, 0.717) is 5.56 Å². The Labute approximate surface area is 234 Å². The highest BCUT2D eigenvalue weighted by molar-refractivity contribution is 7.89. The Balaban J connectivity index is 1.68. The van der Waals surface area contributed by atoms with Gasteiger partial charge in [0.15, 0.2) is 0 Å². The van der Waals surface area contributed by atoms with Gasteiger partial charge in [0.1, 0.15) is 22.6 Å². The number of aromatic nitrogens is 1. The average molecular weight is 566 g/mol. The lowest BCUT2D eigenvalue weighted by Gasteiger charge is -2.37. The van der Waals surface area contributed by atoms with Gasteiger partial charge in [-0.1, -0.05) is 30.9 Å². The molecule has 0 unspecified atom stereocenters. The van der Waals surface area contributed by atoms with E-state index in [-0.39, 0.29) is 54.2 Å². The van der Waals surface area contributed by atoms with Crippen molar-refractivity contribution in [1.29, 1.82) is 0 Å². The molecule has 0 fully saturated rings. The molecule has 1 aliphatic heterocycles. The number of aliphatic hydroxyl groups is 1. The summed E-state index contributed by atoms with van der Waals surface area (Å²) < 4.78 is 49.0. The maximum atomic E-state index is 14.1. The summed E-state index contributed by atoms with van der Waals surface area (Å²) in [5.41, 5.74) is 1.48. The molecular formula is C30H32FN3O5S. The Bertz CT molecular complexity index is 1520. The van der Waals surface area contributed by atoms with Crippen LogP contribution >= 0.6 is 0 Å². The van der Waals surface area contributed by atoms with Crippen molar-refractivity contribution >= 4 is 15.9 Å². The van der Waals surface area contributed by atoms with Crippen LogP contribution in [-0.2, 0) is 21.2 Å². The highest BCUT2D eigenvalue weighted by Gasteiger charge is 2.38. The van der Waals surface area contributed by atoms with Crippen molar-refractivity contribution in [3.8, 4) is 17.6 Å². The van der Waals surface area contributed by atoms with Crippen molar-refractivity contribution in [2.75, 3.05) is 26.7 Å². The third-order valence-electron chi connectivity index (χ3n) is 6.87. The minimum Gasteiger partial charge on any atom is -0.487 e. The smallest absolute Gasteiger partial charge is 0.247 e. The van der Waals surface area contributed by atoms with Crippen molar-refractivity contribution in [1.82, 2.24) is 14.2 Å². The number of carbonyl (C=O) groups excluding carboxylic acids is 1. The molecule has 10 heteroatoms. The predicted molar refractivity (Wildman–Crippen MR) is 148 cm³/mol. The molecular weight excluding hydrogens is 533 g/mol. The van der Waals surface area contributed by atoms with Crippen molar-refractivity contribution < 1.29 is 27.4 Å². The van der Waals surface area contributed by atoms with Gasteiger partial charge in [-0.05, 0) is 55.0 Å². The van der Waals surface area contributed by atoms with E-state index < -0.39 is 28.0 Å². The number of sulfonamides is 1. The first-order valence-electron chi connectivity index (χ1n) is 12.9. The summed E-state index contributed by atoms with van der Waals surface area (Å²) in [4.78, 5) is 18.5. The summed E-state index contributed by atoms with van der Waals surface area (Å²) >= 11 is 0. The molecule has 3 atom stereocenters. The van der Waals surface area contributed by atoms with E-state index in [1.165, 1.54) is 22.5 Å². The van der Waals surface area contributed by atoms with Crippen LogP contribution in [-0.4, -0.2) is 72.5 Å². The van der Waals surface area contributed by atoms with Crippen LogP contribution in [0.3, 0.4) is 0 Å². The summed E-state index contributed by atoms with van der Waals surface area (Å²) in [5.74, 6) is 4.84. The van der Waals surface area contributed by atoms with Crippen molar-refractivity contribution in [3.63, 3.8) is 0 Å². The standard InChI is InChI=1S/C30H32FN3O5S/c1-21-18-34(22(2)20-35)40(37,38)29-11-9-23(8-10-25-6-4-5-7-26(25)31)16-27(29)39-28(21)19-33(3)30(36)17-24-12-14-32-15-13-24/h4-7,9,11-16,21-22,28,35H,17-20H2,1-3H3/t21-,22-,28-/m1/s1. The molecule has 4 rings (SSSR count). The van der Waals surface area contributed by atoms with Gasteiger partial charge in [0, 0.05) is 43.5 Å². The van der Waals surface area contributed by atoms with Gasteiger partial charge in [0.25, 0.3) is 0 Å². The van der Waals surface area contributed by atoms with E-state index in [4.69, 9.17) is 4.74 Å². The fourth-order valence-corrected chi connectivity index (χ4v) is 6.23. The number of pyridine rings is 1. The van der Waals surface area contributed by atoms with Crippen LogP contribution in [0.15, 0.2) is 71.9 Å². The Kier molecular flexibility index (Phi) is 9.20. The zero-order chi connectivity index (χ0) is 28.9. The monoisotopic (exact) mass is 565 g/mol. The number of carbonyl (C=O) groups is 1. The normalized spacial score (nSPS) is 19.1. The molecule has 1 N–H and O–H groups in total. The van der Waals surface area contributed by atoms with E-state index in [1.807, 2.05) is 6.92 Å². The number of hydrogen-bond donors (Lipinski definition) is 1. The van der Waals surface area contributed by atoms with Gasteiger partial charge >= 0.3 is 0 Å². The molecule has 0 radical (unpaired) electrons. The second-order valence-electron chi connectivity index (χ2n) is 9.94. The molecule has 8 nitrogen and oxygen atoms in total. The molecule has 3 aromatic rings. The summed E-state index contributed by atoms with van der Waals surface area (Å²) in [5, 5.41) is 9.84. The van der Waals surface area contributed by atoms with Gasteiger partial charge in [-0.25, -0.2) is 12.8 Å². The third kappa shape index (κ3) is 6.67. The Morgan fingerprint density at radius 1 is 1.20 bits per heavy atom. The lowest BCUT2D eigenvalue weighted by atomic mass is 10.0. The van der Waals surface area contributed by atoms with Crippen LogP contribution in [0.5, 0.6) is 5.75 Å². The van der Waals surface area contributed by atoms with Gasteiger partial charge in [0.2, 0.25) is 15.9 Å². The van der Waals surface area contributed by atoms with Gasteiger partial charge in [0.05, 0.1) is 25.1 Å². The number of ether oxygens (including phenoxy) is 1. The molecule has 0 aliphatic carbocycles. The highest BCUT2D eigenvalue weighted by atomic mass is 32.2. The second kappa shape index (κ2) is 12.6. The number of likely N-dealkylation sites (N-methyl/N-ethyl adjacent to an activating group) is 1. The largest absolute Gasteiger partial charge is 0.487 e. The maximum absolute atomic E-state index is 14.1. The summed E-state index contributed by atoms with van der Waals surface area (Å²) in [6.07, 6.45) is 2.88. The first kappa shape index (κ1) is 29.2. The zero-order valence-corrected chi connectivity index (χ0v) is 23.4. The van der Waals surface area contributed by atoms with Crippen molar-refractivity contribution in [2.24, 2.45) is 5.92 Å². The van der Waals surface area contributed by atoms with Crippen molar-refractivity contribution in [2.45, 2.75) is 37.3 Å². The molecule has 0 saturated carbocycles. The summed E-state index contributed by atoms with van der Waals surface area (Å²) in [6.45, 7) is 3.43. The Morgan fingerprint density at radius 2 is 1.93 bits per heavy atom. The van der Waals surface area contributed by atoms with Crippen LogP contribution in [0.2, 0.25) is 0 Å². The molecule has 1 aliphatic rings. The molecule has 1 amide bonds. The molecule has 2 aromatic carbocycles. The minimum atomic E-state index is -4.03. The van der Waals surface area contributed by atoms with Crippen LogP contribution in [0, 0.1) is 23.6 Å². The molecule has 40 heavy (non-hydrogen) atoms. The third-order valence-corrected chi connectivity index (χ3v) is 8.89. The molecule has 2 heterocycles. The van der Waals surface area contributed by atoms with Gasteiger partial charge in [-0.2, -0.15) is 4.31 Å². The van der Waals surface area contributed by atoms with Crippen LogP contribution in [0.25, 0.3) is 0 Å². The molecule has 1 aromatic heterocycles. The number of hydrogen-bond acceptors (Lipinski definition) is 6. The van der Waals surface area contributed by atoms with Crippen LogP contribution < -0.4 is 4.74 Å². The Morgan fingerprint density at radius 3 is 2.62 bits per heavy atom. The molecule has 210 valence electrons. The lowest BCUT2D eigenvalue weighted by molar-refractivity contribution is -0.130. The van der Waals surface area contributed by atoms with E-state index >= 15 is 0 Å². The number of fused-ring (bicyclic) bond motifs is 1. The van der Waals surface area contributed by atoms with Crippen LogP contribution in [0.4, 0.5) is 4.39 Å². The van der Waals surface area contributed by atoms with E-state index in [0.717, 1.165) is 5.56 Å². The first-order valence-corrected chi connectivity index (χ1v) is 14.4. The quantitative estimate of drug-likeness (QED) is 0.461. The maximum Gasteiger partial charge on any atom is 0.247 e. The van der Waals surface area contributed by atoms with E-state index in [1.54, 1.807) is 67.7 Å². The van der Waals surface area contributed by atoms with Gasteiger partial charge in [-0.15, -0.1) is 0 Å². The first-order chi connectivity index (χ1) is 19.1. The number of benzene rings is 2. The zero-order valence-electron chi connectivity index (χ0n) is 22.6. The Hall–Kier alpha value is -3.78. The molecule has 0 bridgehead atoms. The summed E-state index contributed by atoms with van der Waals surface area (Å²) in [6, 6.07) is 13.5. The van der Waals surface area contributed by atoms with E-state index in [2.05, 4.69) is 16.8 Å². The number of halogens is 1. The number of aliphatic hydroxyl groups excluding tert-OH is 1. The average Bonchev–Trinajstić information content (AvgIpc) is 2.94. The van der Waals surface area contributed by atoms with Crippen LogP contribution in [0.1, 0.15) is 30.5 Å². The van der Waals surface area contributed by atoms with E-state index in [9.17, 15) is 22.7 Å². The van der Waals surface area contributed by atoms with Gasteiger partial charge in [-0.3, -0.25) is 9.78 Å². The fraction of sp³-hybridized carbons (Fsp3) is 0.333. The molecule has 0 saturated heterocycles. The SMILES string of the molecule is C[C@@H]1CN([C@H](C)CO)S(=O)(=O)c2ccc(C#Cc3ccccc3F)cc2O[C@@H]1CN(C)C(=O)Cc1ccncc1. The van der Waals surface area contributed by atoms with Gasteiger partial charge < -0.3 is 14.7 Å². The number of rotatable bonds is 6. The molecule has 0 spiro atoms. The lowest BCUT2D eigenvalue weighted by Crippen LogP contribution is -2.50.